The summed E-state index contributed by atoms with van der Waals surface area (Å²) in [5.74, 6) is 2.65. The van der Waals surface area contributed by atoms with Crippen molar-refractivity contribution in [3.8, 4) is 0 Å². The van der Waals surface area contributed by atoms with Crippen molar-refractivity contribution < 1.29 is 4.79 Å². The predicted octanol–water partition coefficient (Wildman–Crippen LogP) is 2.13. The average Bonchev–Trinajstić information content (AvgIpc) is 3.16. The van der Waals surface area contributed by atoms with Crippen molar-refractivity contribution in [3.63, 3.8) is 0 Å². The van der Waals surface area contributed by atoms with Crippen molar-refractivity contribution in [2.75, 3.05) is 20.6 Å². The molecule has 2 bridgehead atoms. The molecule has 0 saturated heterocycles. The molecule has 1 amide bonds. The number of rotatable bonds is 4. The van der Waals surface area contributed by atoms with E-state index in [-0.39, 0.29) is 12.5 Å². The van der Waals surface area contributed by atoms with E-state index in [2.05, 4.69) is 15.6 Å². The van der Waals surface area contributed by atoms with Crippen LogP contribution in [0.4, 0.5) is 0 Å². The van der Waals surface area contributed by atoms with Gasteiger partial charge in [0.25, 0.3) is 0 Å². The summed E-state index contributed by atoms with van der Waals surface area (Å²) < 4.78 is 0. The molecule has 3 aliphatic rings. The van der Waals surface area contributed by atoms with Gasteiger partial charge in [0.1, 0.15) is 6.54 Å². The molecule has 0 radical (unpaired) electrons. The summed E-state index contributed by atoms with van der Waals surface area (Å²) in [4.78, 5) is 18.1. The third-order valence-corrected chi connectivity index (χ3v) is 5.88. The zero-order valence-electron chi connectivity index (χ0n) is 14.7. The highest BCUT2D eigenvalue weighted by Gasteiger charge is 2.40. The fourth-order valence-corrected chi connectivity index (χ4v) is 4.46. The van der Waals surface area contributed by atoms with Crippen LogP contribution in [0.3, 0.4) is 0 Å². The SMILES string of the molecule is CN(C)C(=O)CN=C(NC1CCCCC1)NC1CC2CCC1C2. The van der Waals surface area contributed by atoms with E-state index in [0.29, 0.717) is 12.1 Å². The zero-order chi connectivity index (χ0) is 16.2. The zero-order valence-corrected chi connectivity index (χ0v) is 14.7. The standard InChI is InChI=1S/C18H32N4O/c1-22(2)17(23)12-19-18(20-15-6-4-3-5-7-15)21-16-11-13-8-9-14(16)10-13/h13-16H,3-12H2,1-2H3,(H2,19,20,21). The van der Waals surface area contributed by atoms with Gasteiger partial charge in [-0.2, -0.15) is 0 Å². The lowest BCUT2D eigenvalue weighted by molar-refractivity contribution is -0.127. The molecular weight excluding hydrogens is 288 g/mol. The molecule has 5 heteroatoms. The monoisotopic (exact) mass is 320 g/mol. The second kappa shape index (κ2) is 7.54. The Morgan fingerprint density at radius 2 is 1.83 bits per heavy atom. The number of fused-ring (bicyclic) bond motifs is 2. The molecule has 3 atom stereocenters. The summed E-state index contributed by atoms with van der Waals surface area (Å²) >= 11 is 0. The molecule has 0 aromatic rings. The van der Waals surface area contributed by atoms with Gasteiger partial charge in [0.15, 0.2) is 5.96 Å². The Hall–Kier alpha value is -1.26. The molecule has 0 heterocycles. The van der Waals surface area contributed by atoms with Crippen molar-refractivity contribution in [1.29, 1.82) is 0 Å². The van der Waals surface area contributed by atoms with Gasteiger partial charge in [-0.3, -0.25) is 4.79 Å². The van der Waals surface area contributed by atoms with Crippen LogP contribution in [0.25, 0.3) is 0 Å². The van der Waals surface area contributed by atoms with E-state index < -0.39 is 0 Å². The maximum Gasteiger partial charge on any atom is 0.243 e. The third-order valence-electron chi connectivity index (χ3n) is 5.88. The Morgan fingerprint density at radius 1 is 1.04 bits per heavy atom. The van der Waals surface area contributed by atoms with E-state index >= 15 is 0 Å². The van der Waals surface area contributed by atoms with Crippen molar-refractivity contribution in [2.45, 2.75) is 69.9 Å². The van der Waals surface area contributed by atoms with Crippen LogP contribution in [0, 0.1) is 11.8 Å². The van der Waals surface area contributed by atoms with E-state index in [1.54, 1.807) is 19.0 Å². The van der Waals surface area contributed by atoms with E-state index in [9.17, 15) is 4.79 Å². The minimum atomic E-state index is 0.0580. The number of nitrogens with zero attached hydrogens (tertiary/aromatic N) is 2. The molecular formula is C18H32N4O. The molecule has 3 rings (SSSR count). The van der Waals surface area contributed by atoms with Crippen LogP contribution in [-0.2, 0) is 4.79 Å². The van der Waals surface area contributed by atoms with Crippen LogP contribution in [0.15, 0.2) is 4.99 Å². The first-order valence-corrected chi connectivity index (χ1v) is 9.39. The van der Waals surface area contributed by atoms with E-state index in [4.69, 9.17) is 0 Å². The fraction of sp³-hybridized carbons (Fsp3) is 0.889. The third kappa shape index (κ3) is 4.39. The lowest BCUT2D eigenvalue weighted by Crippen LogP contribution is -2.49. The Kier molecular flexibility index (Phi) is 5.44. The lowest BCUT2D eigenvalue weighted by atomic mass is 9.95. The minimum absolute atomic E-state index is 0.0580. The van der Waals surface area contributed by atoms with E-state index in [1.807, 2.05) is 0 Å². The molecule has 0 aromatic carbocycles. The smallest absolute Gasteiger partial charge is 0.243 e. The van der Waals surface area contributed by atoms with Gasteiger partial charge in [0.2, 0.25) is 5.91 Å². The number of carbonyl (C=O) groups is 1. The molecule has 130 valence electrons. The molecule has 3 unspecified atom stereocenters. The first kappa shape index (κ1) is 16.6. The van der Waals surface area contributed by atoms with Crippen LogP contribution in [0.5, 0.6) is 0 Å². The summed E-state index contributed by atoms with van der Waals surface area (Å²) in [6.45, 7) is 0.232. The van der Waals surface area contributed by atoms with E-state index in [1.165, 1.54) is 57.8 Å². The van der Waals surface area contributed by atoms with Gasteiger partial charge >= 0.3 is 0 Å². The highest BCUT2D eigenvalue weighted by molar-refractivity contribution is 5.85. The molecule has 0 aliphatic heterocycles. The number of carbonyl (C=O) groups excluding carboxylic acids is 1. The van der Waals surface area contributed by atoms with Gasteiger partial charge in [-0.25, -0.2) is 4.99 Å². The number of amides is 1. The quantitative estimate of drug-likeness (QED) is 0.616. The second-order valence-electron chi connectivity index (χ2n) is 7.86. The summed E-state index contributed by atoms with van der Waals surface area (Å²) in [5.41, 5.74) is 0. The van der Waals surface area contributed by atoms with Crippen molar-refractivity contribution in [1.82, 2.24) is 15.5 Å². The Morgan fingerprint density at radius 3 is 2.43 bits per heavy atom. The summed E-state index contributed by atoms with van der Waals surface area (Å²) in [6.07, 6.45) is 11.8. The number of guanidine groups is 1. The maximum atomic E-state index is 11.9. The predicted molar refractivity (Wildman–Crippen MR) is 93.4 cm³/mol. The van der Waals surface area contributed by atoms with E-state index in [0.717, 1.165) is 17.8 Å². The van der Waals surface area contributed by atoms with Gasteiger partial charge in [0.05, 0.1) is 0 Å². The first-order valence-electron chi connectivity index (χ1n) is 9.39. The van der Waals surface area contributed by atoms with Crippen molar-refractivity contribution in [2.24, 2.45) is 16.8 Å². The normalized spacial score (nSPS) is 31.2. The van der Waals surface area contributed by atoms with Crippen LogP contribution < -0.4 is 10.6 Å². The largest absolute Gasteiger partial charge is 0.354 e. The molecule has 23 heavy (non-hydrogen) atoms. The van der Waals surface area contributed by atoms with Crippen LogP contribution in [-0.4, -0.2) is 49.5 Å². The van der Waals surface area contributed by atoms with Gasteiger partial charge in [0, 0.05) is 26.2 Å². The average molecular weight is 320 g/mol. The Bertz CT molecular complexity index is 442. The number of aliphatic imine (C=N–C) groups is 1. The highest BCUT2D eigenvalue weighted by Crippen LogP contribution is 2.44. The number of hydrogen-bond acceptors (Lipinski definition) is 2. The van der Waals surface area contributed by atoms with Crippen molar-refractivity contribution >= 4 is 11.9 Å². The number of hydrogen-bond donors (Lipinski definition) is 2. The number of nitrogens with one attached hydrogen (secondary N) is 2. The molecule has 0 aromatic heterocycles. The number of likely N-dealkylation sites (N-methyl/N-ethyl adjacent to an activating group) is 1. The summed E-state index contributed by atoms with van der Waals surface area (Å²) in [5, 5.41) is 7.26. The maximum absolute atomic E-state index is 11.9. The van der Waals surface area contributed by atoms with Crippen LogP contribution >= 0.6 is 0 Å². The van der Waals surface area contributed by atoms with Crippen LogP contribution in [0.2, 0.25) is 0 Å². The molecule has 3 saturated carbocycles. The van der Waals surface area contributed by atoms with Gasteiger partial charge < -0.3 is 15.5 Å². The molecule has 3 fully saturated rings. The van der Waals surface area contributed by atoms with Gasteiger partial charge in [-0.05, 0) is 43.9 Å². The van der Waals surface area contributed by atoms with Gasteiger partial charge in [-0.15, -0.1) is 0 Å². The summed E-state index contributed by atoms with van der Waals surface area (Å²) in [7, 11) is 3.57. The Balaban J connectivity index is 1.60. The topological polar surface area (TPSA) is 56.7 Å². The molecule has 0 spiro atoms. The first-order chi connectivity index (χ1) is 11.1. The Labute approximate surface area is 140 Å². The van der Waals surface area contributed by atoms with Crippen LogP contribution in [0.1, 0.15) is 57.8 Å². The van der Waals surface area contributed by atoms with Gasteiger partial charge in [-0.1, -0.05) is 25.7 Å². The van der Waals surface area contributed by atoms with Crippen molar-refractivity contribution in [3.05, 3.63) is 0 Å². The second-order valence-corrected chi connectivity index (χ2v) is 7.86. The minimum Gasteiger partial charge on any atom is -0.354 e. The molecule has 2 N–H and O–H groups in total. The fourth-order valence-electron chi connectivity index (χ4n) is 4.46. The lowest BCUT2D eigenvalue weighted by Gasteiger charge is -2.29. The molecule has 3 aliphatic carbocycles. The molecule has 5 nitrogen and oxygen atoms in total. The summed E-state index contributed by atoms with van der Waals surface area (Å²) in [6, 6.07) is 1.07. The highest BCUT2D eigenvalue weighted by atomic mass is 16.2.